The molecule has 1 N–H and O–H groups in total. The fourth-order valence-corrected chi connectivity index (χ4v) is 4.18. The summed E-state index contributed by atoms with van der Waals surface area (Å²) in [5.74, 6) is -0.123. The molecule has 1 saturated heterocycles. The first-order valence-electron chi connectivity index (χ1n) is 7.39. The van der Waals surface area contributed by atoms with Crippen molar-refractivity contribution in [2.45, 2.75) is 17.8 Å². The van der Waals surface area contributed by atoms with E-state index in [0.717, 1.165) is 20.6 Å². The van der Waals surface area contributed by atoms with Gasteiger partial charge >= 0.3 is 5.51 Å². The van der Waals surface area contributed by atoms with Gasteiger partial charge in [0.15, 0.2) is 11.4 Å². The Morgan fingerprint density at radius 3 is 2.92 bits per heavy atom. The minimum absolute atomic E-state index is 0.111. The molecule has 24 heavy (non-hydrogen) atoms. The zero-order chi connectivity index (χ0) is 16.9. The van der Waals surface area contributed by atoms with Gasteiger partial charge in [0, 0.05) is 35.6 Å². The lowest BCUT2D eigenvalue weighted by Crippen LogP contribution is -2.39. The van der Waals surface area contributed by atoms with Crippen LogP contribution >= 0.6 is 0 Å². The maximum absolute atomic E-state index is 12.7. The van der Waals surface area contributed by atoms with Gasteiger partial charge in [0.2, 0.25) is 0 Å². The largest absolute Gasteiger partial charge is 0.593 e. The van der Waals surface area contributed by atoms with E-state index in [9.17, 15) is 17.7 Å². The molecule has 0 aromatic carbocycles. The smallest absolute Gasteiger partial charge is 0.591 e. The maximum Gasteiger partial charge on any atom is 0.593 e. The quantitative estimate of drug-likeness (QED) is 0.718. The summed E-state index contributed by atoms with van der Waals surface area (Å²) in [5.41, 5.74) is -2.37. The number of pyridine rings is 2. The maximum atomic E-state index is 12.7. The first-order valence-corrected chi connectivity index (χ1v) is 8.50. The molecule has 0 spiro atoms. The Bertz CT molecular complexity index is 897. The molecule has 3 aromatic rings. The molecule has 1 aliphatic heterocycles. The average molecular weight is 354 g/mol. The van der Waals surface area contributed by atoms with Crippen molar-refractivity contribution < 1.29 is 17.7 Å². The van der Waals surface area contributed by atoms with E-state index in [1.807, 2.05) is 12.1 Å². The molecule has 1 aliphatic rings. The molecule has 0 bridgehead atoms. The van der Waals surface area contributed by atoms with Gasteiger partial charge in [-0.3, -0.25) is 4.98 Å². The highest BCUT2D eigenvalue weighted by Gasteiger charge is 2.51. The Kier molecular flexibility index (Phi) is 3.66. The Labute approximate surface area is 138 Å². The van der Waals surface area contributed by atoms with Crippen molar-refractivity contribution in [3.8, 4) is 0 Å². The number of rotatable bonds is 2. The van der Waals surface area contributed by atoms with Crippen LogP contribution in [0.2, 0.25) is 0 Å². The first-order chi connectivity index (χ1) is 11.4. The lowest BCUT2D eigenvalue weighted by Gasteiger charge is -2.20. The van der Waals surface area contributed by atoms with E-state index < -0.39 is 16.9 Å². The Morgan fingerprint density at radius 1 is 1.29 bits per heavy atom. The first kappa shape index (κ1) is 15.7. The van der Waals surface area contributed by atoms with E-state index in [4.69, 9.17) is 0 Å². The van der Waals surface area contributed by atoms with Crippen LogP contribution in [0.25, 0.3) is 21.9 Å². The van der Waals surface area contributed by atoms with Gasteiger partial charge in [-0.1, -0.05) is 0 Å². The zero-order valence-corrected chi connectivity index (χ0v) is 13.2. The SMILES string of the molecule is [O-][S+](N1CCC(c2ccnc3cnc4[nH]ccc4c23)C1)C(F)(F)F. The van der Waals surface area contributed by atoms with E-state index in [-0.39, 0.29) is 19.0 Å². The molecular formula is C15H13F3N4OS. The van der Waals surface area contributed by atoms with Gasteiger partial charge in [-0.25, -0.2) is 4.98 Å². The summed E-state index contributed by atoms with van der Waals surface area (Å²) in [5, 5.41) is 1.79. The molecule has 3 aromatic heterocycles. The molecule has 126 valence electrons. The van der Waals surface area contributed by atoms with E-state index in [1.54, 1.807) is 18.6 Å². The van der Waals surface area contributed by atoms with Crippen molar-refractivity contribution in [1.82, 2.24) is 19.3 Å². The van der Waals surface area contributed by atoms with E-state index >= 15 is 0 Å². The number of aromatic nitrogens is 3. The molecule has 0 saturated carbocycles. The Morgan fingerprint density at radius 2 is 2.12 bits per heavy atom. The summed E-state index contributed by atoms with van der Waals surface area (Å²) in [7, 11) is 0. The zero-order valence-electron chi connectivity index (χ0n) is 12.4. The topological polar surface area (TPSA) is 67.9 Å². The molecule has 4 heterocycles. The van der Waals surface area contributed by atoms with Crippen LogP contribution in [0.4, 0.5) is 13.2 Å². The highest BCUT2D eigenvalue weighted by molar-refractivity contribution is 7.90. The second-order valence-electron chi connectivity index (χ2n) is 5.73. The third-order valence-electron chi connectivity index (χ3n) is 4.35. The van der Waals surface area contributed by atoms with E-state index in [0.29, 0.717) is 17.6 Å². The highest BCUT2D eigenvalue weighted by Crippen LogP contribution is 2.38. The number of hydrogen-bond donors (Lipinski definition) is 1. The van der Waals surface area contributed by atoms with Crippen molar-refractivity contribution in [3.63, 3.8) is 0 Å². The van der Waals surface area contributed by atoms with Crippen LogP contribution in [-0.4, -0.2) is 42.4 Å². The van der Waals surface area contributed by atoms with Crippen LogP contribution in [0.5, 0.6) is 0 Å². The van der Waals surface area contributed by atoms with Crippen LogP contribution in [-0.2, 0) is 11.4 Å². The lowest BCUT2D eigenvalue weighted by molar-refractivity contribution is -0.0482. The molecule has 2 unspecified atom stereocenters. The standard InChI is InChI=1S/C15H13F3N4OS/c16-15(17,18)24(23)22-6-3-9(8-22)10-1-4-19-12-7-21-14-11(13(10)12)2-5-20-14/h1-2,4-5,7,9H,3,6,8H2,(H,20,21). The fraction of sp³-hybridized carbons (Fsp3) is 0.333. The number of nitrogens with zero attached hydrogens (tertiary/aromatic N) is 3. The number of fused-ring (bicyclic) bond motifs is 3. The highest BCUT2D eigenvalue weighted by atomic mass is 32.2. The van der Waals surface area contributed by atoms with Crippen molar-refractivity contribution in [3.05, 3.63) is 36.3 Å². The molecule has 9 heteroatoms. The summed E-state index contributed by atoms with van der Waals surface area (Å²) in [6.45, 7) is 0.265. The number of aromatic amines is 1. The van der Waals surface area contributed by atoms with Crippen molar-refractivity contribution in [2.24, 2.45) is 0 Å². The number of H-pyrrole nitrogens is 1. The molecule has 0 radical (unpaired) electrons. The number of hydrogen-bond acceptors (Lipinski definition) is 4. The molecular weight excluding hydrogens is 341 g/mol. The third-order valence-corrected chi connectivity index (χ3v) is 5.54. The van der Waals surface area contributed by atoms with Crippen molar-refractivity contribution >= 4 is 33.3 Å². The third kappa shape index (κ3) is 2.52. The van der Waals surface area contributed by atoms with Crippen LogP contribution in [0.3, 0.4) is 0 Å². The Hall–Kier alpha value is -1.84. The van der Waals surface area contributed by atoms with E-state index in [2.05, 4.69) is 15.0 Å². The number of alkyl halides is 3. The van der Waals surface area contributed by atoms with Gasteiger partial charge in [-0.05, 0) is 24.1 Å². The van der Waals surface area contributed by atoms with Gasteiger partial charge in [0.25, 0.3) is 0 Å². The molecule has 2 atom stereocenters. The Balaban J connectivity index is 1.74. The van der Waals surface area contributed by atoms with E-state index in [1.165, 1.54) is 0 Å². The van der Waals surface area contributed by atoms with Crippen LogP contribution in [0.15, 0.2) is 30.7 Å². The molecule has 0 amide bonds. The van der Waals surface area contributed by atoms with Crippen molar-refractivity contribution in [2.75, 3.05) is 13.1 Å². The van der Waals surface area contributed by atoms with Gasteiger partial charge in [-0.15, -0.1) is 17.5 Å². The normalized spacial score (nSPS) is 20.9. The lowest BCUT2D eigenvalue weighted by atomic mass is 9.94. The molecule has 1 fully saturated rings. The van der Waals surface area contributed by atoms with Gasteiger partial charge in [-0.2, -0.15) is 0 Å². The number of halogens is 3. The summed E-state index contributed by atoms with van der Waals surface area (Å²) in [4.78, 5) is 11.6. The van der Waals surface area contributed by atoms with Crippen LogP contribution in [0.1, 0.15) is 17.9 Å². The van der Waals surface area contributed by atoms with Crippen LogP contribution in [0, 0.1) is 0 Å². The van der Waals surface area contributed by atoms with Crippen LogP contribution < -0.4 is 0 Å². The van der Waals surface area contributed by atoms with Gasteiger partial charge < -0.3 is 9.54 Å². The molecule has 5 nitrogen and oxygen atoms in total. The fourth-order valence-electron chi connectivity index (χ4n) is 3.30. The summed E-state index contributed by atoms with van der Waals surface area (Å²) >= 11 is -2.96. The monoisotopic (exact) mass is 354 g/mol. The van der Waals surface area contributed by atoms with Gasteiger partial charge in [0.1, 0.15) is 5.65 Å². The average Bonchev–Trinajstić information content (AvgIpc) is 3.21. The molecule has 0 aliphatic carbocycles. The second kappa shape index (κ2) is 5.61. The summed E-state index contributed by atoms with van der Waals surface area (Å²) in [6, 6.07) is 3.72. The minimum Gasteiger partial charge on any atom is -0.591 e. The van der Waals surface area contributed by atoms with Gasteiger partial charge in [0.05, 0.1) is 18.3 Å². The second-order valence-corrected chi connectivity index (χ2v) is 7.20. The summed E-state index contributed by atoms with van der Waals surface area (Å²) in [6.07, 6.45) is 5.59. The van der Waals surface area contributed by atoms with Crippen molar-refractivity contribution in [1.29, 1.82) is 0 Å². The minimum atomic E-state index is -4.72. The number of nitrogens with one attached hydrogen (secondary N) is 1. The predicted molar refractivity (Wildman–Crippen MR) is 84.5 cm³/mol. The molecule has 4 rings (SSSR count). The predicted octanol–water partition coefficient (Wildman–Crippen LogP) is 3.08. The summed E-state index contributed by atoms with van der Waals surface area (Å²) < 4.78 is 50.6.